The first-order valence-corrected chi connectivity index (χ1v) is 5.65. The molecule has 0 aliphatic carbocycles. The molecule has 0 unspecified atom stereocenters. The fraction of sp³-hybridized carbons (Fsp3) is 0.364. The summed E-state index contributed by atoms with van der Waals surface area (Å²) >= 11 is 0. The highest BCUT2D eigenvalue weighted by atomic mass is 19.1. The molecule has 1 fully saturated rings. The molecule has 102 valence electrons. The smallest absolute Gasteiger partial charge is 0.322 e. The monoisotopic (exact) mass is 269 g/mol. The SMILES string of the molecule is O=C(Nc1ccc([N+](=O)[O-])cc1F)N1CCOCC1. The van der Waals surface area contributed by atoms with Crippen molar-refractivity contribution in [3.05, 3.63) is 34.1 Å². The number of morpholine rings is 1. The van der Waals surface area contributed by atoms with E-state index in [4.69, 9.17) is 4.74 Å². The molecule has 1 aromatic carbocycles. The first-order chi connectivity index (χ1) is 9.08. The van der Waals surface area contributed by atoms with Gasteiger partial charge in [-0.3, -0.25) is 10.1 Å². The van der Waals surface area contributed by atoms with Crippen LogP contribution >= 0.6 is 0 Å². The molecule has 0 spiro atoms. The Kier molecular flexibility index (Phi) is 3.91. The minimum Gasteiger partial charge on any atom is -0.378 e. The molecule has 0 radical (unpaired) electrons. The van der Waals surface area contributed by atoms with Crippen molar-refractivity contribution < 1.29 is 18.8 Å². The van der Waals surface area contributed by atoms with Crippen molar-refractivity contribution in [3.8, 4) is 0 Å². The van der Waals surface area contributed by atoms with Gasteiger partial charge in [0, 0.05) is 19.2 Å². The number of nitro benzene ring substituents is 1. The lowest BCUT2D eigenvalue weighted by Gasteiger charge is -2.26. The maximum atomic E-state index is 13.6. The molecule has 0 atom stereocenters. The van der Waals surface area contributed by atoms with Crippen molar-refractivity contribution in [2.24, 2.45) is 0 Å². The summed E-state index contributed by atoms with van der Waals surface area (Å²) in [4.78, 5) is 23.1. The average Bonchev–Trinajstić information content (AvgIpc) is 2.41. The third-order valence-corrected chi connectivity index (χ3v) is 2.70. The zero-order valence-corrected chi connectivity index (χ0v) is 9.97. The van der Waals surface area contributed by atoms with Gasteiger partial charge >= 0.3 is 6.03 Å². The van der Waals surface area contributed by atoms with Gasteiger partial charge in [0.2, 0.25) is 0 Å². The molecule has 8 heteroatoms. The molecule has 1 aliphatic heterocycles. The predicted octanol–water partition coefficient (Wildman–Crippen LogP) is 1.60. The molecule has 0 saturated carbocycles. The van der Waals surface area contributed by atoms with Gasteiger partial charge in [0.05, 0.1) is 29.9 Å². The van der Waals surface area contributed by atoms with Crippen LogP contribution in [-0.2, 0) is 4.74 Å². The van der Waals surface area contributed by atoms with Gasteiger partial charge in [0.15, 0.2) is 5.82 Å². The summed E-state index contributed by atoms with van der Waals surface area (Å²) in [6.45, 7) is 1.74. The number of carbonyl (C=O) groups excluding carboxylic acids is 1. The third-order valence-electron chi connectivity index (χ3n) is 2.70. The van der Waals surface area contributed by atoms with Gasteiger partial charge in [-0.15, -0.1) is 0 Å². The fourth-order valence-electron chi connectivity index (χ4n) is 1.68. The number of halogens is 1. The van der Waals surface area contributed by atoms with Gasteiger partial charge in [-0.05, 0) is 6.07 Å². The number of non-ortho nitro benzene ring substituents is 1. The van der Waals surface area contributed by atoms with E-state index < -0.39 is 16.8 Å². The molecule has 0 bridgehead atoms. The lowest BCUT2D eigenvalue weighted by atomic mass is 10.2. The number of hydrogen-bond donors (Lipinski definition) is 1. The Morgan fingerprint density at radius 3 is 2.68 bits per heavy atom. The number of urea groups is 1. The lowest BCUT2D eigenvalue weighted by Crippen LogP contribution is -2.43. The summed E-state index contributed by atoms with van der Waals surface area (Å²) in [6, 6.07) is 2.63. The molecule has 7 nitrogen and oxygen atoms in total. The Morgan fingerprint density at radius 1 is 1.42 bits per heavy atom. The Bertz CT molecular complexity index is 503. The van der Waals surface area contributed by atoms with E-state index in [1.54, 1.807) is 0 Å². The number of carbonyl (C=O) groups is 1. The van der Waals surface area contributed by atoms with Gasteiger partial charge < -0.3 is 15.0 Å². The van der Waals surface area contributed by atoms with E-state index >= 15 is 0 Å². The molecule has 0 aromatic heterocycles. The number of benzene rings is 1. The quantitative estimate of drug-likeness (QED) is 0.652. The van der Waals surface area contributed by atoms with Crippen molar-refractivity contribution in [1.29, 1.82) is 0 Å². The van der Waals surface area contributed by atoms with Crippen molar-refractivity contribution >= 4 is 17.4 Å². The third kappa shape index (κ3) is 3.16. The van der Waals surface area contributed by atoms with Crippen LogP contribution in [0.5, 0.6) is 0 Å². The predicted molar refractivity (Wildman–Crippen MR) is 64.5 cm³/mol. The van der Waals surface area contributed by atoms with E-state index in [-0.39, 0.29) is 11.4 Å². The van der Waals surface area contributed by atoms with E-state index in [2.05, 4.69) is 5.32 Å². The Balaban J connectivity index is 2.06. The zero-order valence-electron chi connectivity index (χ0n) is 9.97. The van der Waals surface area contributed by atoms with Crippen LogP contribution in [0, 0.1) is 15.9 Å². The number of hydrogen-bond acceptors (Lipinski definition) is 4. The number of ether oxygens (including phenoxy) is 1. The number of nitro groups is 1. The fourth-order valence-corrected chi connectivity index (χ4v) is 1.68. The van der Waals surface area contributed by atoms with Crippen molar-refractivity contribution in [1.82, 2.24) is 4.90 Å². The summed E-state index contributed by atoms with van der Waals surface area (Å²) < 4.78 is 18.7. The highest BCUT2D eigenvalue weighted by Gasteiger charge is 2.19. The average molecular weight is 269 g/mol. The van der Waals surface area contributed by atoms with Crippen molar-refractivity contribution in [2.75, 3.05) is 31.6 Å². The maximum absolute atomic E-state index is 13.6. The maximum Gasteiger partial charge on any atom is 0.322 e. The van der Waals surface area contributed by atoms with Crippen LogP contribution in [0.4, 0.5) is 20.6 Å². The number of anilines is 1. The van der Waals surface area contributed by atoms with Gasteiger partial charge in [0.1, 0.15) is 0 Å². The Hall–Kier alpha value is -2.22. The first kappa shape index (κ1) is 13.2. The molecule has 1 aromatic rings. The van der Waals surface area contributed by atoms with Gasteiger partial charge in [-0.1, -0.05) is 0 Å². The normalized spacial score (nSPS) is 15.1. The first-order valence-electron chi connectivity index (χ1n) is 5.65. The number of rotatable bonds is 2. The highest BCUT2D eigenvalue weighted by Crippen LogP contribution is 2.20. The standard InChI is InChI=1S/C11H12FN3O4/c12-9-7-8(15(17)18)1-2-10(9)13-11(16)14-3-5-19-6-4-14/h1-2,7H,3-6H2,(H,13,16). The van der Waals surface area contributed by atoms with Crippen LogP contribution in [0.15, 0.2) is 18.2 Å². The van der Waals surface area contributed by atoms with Crippen LogP contribution in [0.2, 0.25) is 0 Å². The minimum absolute atomic E-state index is 0.0814. The van der Waals surface area contributed by atoms with Gasteiger partial charge in [-0.2, -0.15) is 0 Å². The number of nitrogens with one attached hydrogen (secondary N) is 1. The van der Waals surface area contributed by atoms with Crippen molar-refractivity contribution in [3.63, 3.8) is 0 Å². The molecule has 1 N–H and O–H groups in total. The molecule has 1 heterocycles. The molecule has 19 heavy (non-hydrogen) atoms. The second-order valence-electron chi connectivity index (χ2n) is 3.95. The largest absolute Gasteiger partial charge is 0.378 e. The molecule has 1 aliphatic rings. The summed E-state index contributed by atoms with van der Waals surface area (Å²) in [6.07, 6.45) is 0. The minimum atomic E-state index is -0.837. The number of nitrogens with zero attached hydrogens (tertiary/aromatic N) is 2. The Morgan fingerprint density at radius 2 is 2.11 bits per heavy atom. The van der Waals surface area contributed by atoms with E-state index in [1.165, 1.54) is 11.0 Å². The highest BCUT2D eigenvalue weighted by molar-refractivity contribution is 5.89. The molecule has 2 rings (SSSR count). The van der Waals surface area contributed by atoms with Crippen LogP contribution in [0.1, 0.15) is 0 Å². The molecule has 2 amide bonds. The van der Waals surface area contributed by atoms with E-state index in [0.717, 1.165) is 12.1 Å². The van der Waals surface area contributed by atoms with E-state index in [1.807, 2.05) is 0 Å². The second kappa shape index (κ2) is 5.61. The van der Waals surface area contributed by atoms with Gasteiger partial charge in [0.25, 0.3) is 5.69 Å². The summed E-state index contributed by atoms with van der Waals surface area (Å²) in [5, 5.41) is 12.8. The number of amides is 2. The summed E-state index contributed by atoms with van der Waals surface area (Å²) in [5.74, 6) is -0.837. The van der Waals surface area contributed by atoms with Crippen LogP contribution in [0.25, 0.3) is 0 Å². The van der Waals surface area contributed by atoms with E-state index in [9.17, 15) is 19.3 Å². The zero-order chi connectivity index (χ0) is 13.8. The topological polar surface area (TPSA) is 84.7 Å². The van der Waals surface area contributed by atoms with Gasteiger partial charge in [-0.25, -0.2) is 9.18 Å². The molecule has 1 saturated heterocycles. The van der Waals surface area contributed by atoms with Crippen LogP contribution in [0.3, 0.4) is 0 Å². The van der Waals surface area contributed by atoms with Crippen LogP contribution < -0.4 is 5.32 Å². The molecular formula is C11H12FN3O4. The Labute approximate surface area is 108 Å². The van der Waals surface area contributed by atoms with Crippen LogP contribution in [-0.4, -0.2) is 42.2 Å². The summed E-state index contributed by atoms with van der Waals surface area (Å²) in [5.41, 5.74) is -0.441. The molecular weight excluding hydrogens is 257 g/mol. The van der Waals surface area contributed by atoms with Crippen molar-refractivity contribution in [2.45, 2.75) is 0 Å². The lowest BCUT2D eigenvalue weighted by molar-refractivity contribution is -0.385. The summed E-state index contributed by atoms with van der Waals surface area (Å²) in [7, 11) is 0. The second-order valence-corrected chi connectivity index (χ2v) is 3.95. The van der Waals surface area contributed by atoms with E-state index in [0.29, 0.717) is 26.3 Å².